The molecule has 2 rings (SSSR count). The van der Waals surface area contributed by atoms with E-state index in [0.29, 0.717) is 5.13 Å². The maximum Gasteiger partial charge on any atom is 0.236 e. The molecule has 1 aromatic heterocycles. The van der Waals surface area contributed by atoms with E-state index in [2.05, 4.69) is 10.3 Å². The molecule has 1 heterocycles. The van der Waals surface area contributed by atoms with E-state index in [4.69, 9.17) is 0 Å². The fraction of sp³-hybridized carbons (Fsp3) is 0.214. The first-order valence-electron chi connectivity index (χ1n) is 6.14. The summed E-state index contributed by atoms with van der Waals surface area (Å²) in [6, 6.07) is 7.96. The molecule has 1 N–H and O–H groups in total. The molecule has 1 aromatic carbocycles. The van der Waals surface area contributed by atoms with Crippen LogP contribution in [0.2, 0.25) is 0 Å². The van der Waals surface area contributed by atoms with Gasteiger partial charge in [-0.15, -0.1) is 23.1 Å². The number of nitrogens with one attached hydrogen (secondary N) is 1. The van der Waals surface area contributed by atoms with Gasteiger partial charge in [-0.2, -0.15) is 0 Å². The molecular formula is C14H13N2O3S2-. The number of carbonyl (C=O) groups is 2. The molecule has 0 atom stereocenters. The highest BCUT2D eigenvalue weighted by Gasteiger charge is 2.08. The lowest BCUT2D eigenvalue weighted by Crippen LogP contribution is -2.25. The summed E-state index contributed by atoms with van der Waals surface area (Å²) in [5.41, 5.74) is 2.97. The number of hydrogen-bond acceptors (Lipinski definition) is 6. The molecule has 110 valence electrons. The average Bonchev–Trinajstić information content (AvgIpc) is 2.87. The van der Waals surface area contributed by atoms with Crippen molar-refractivity contribution in [1.29, 1.82) is 0 Å². The van der Waals surface area contributed by atoms with E-state index in [0.717, 1.165) is 23.0 Å². The Balaban J connectivity index is 1.92. The standard InChI is InChI=1S/C14H14N2O3S2/c1-9-2-4-10(5-3-9)11-6-21-14(15-11)16-12(17)7-20-8-13(18)19/h2-6H,7-8H2,1H3,(H,18,19)(H,15,16,17)/p-1. The molecule has 0 aliphatic rings. The fourth-order valence-electron chi connectivity index (χ4n) is 1.57. The number of benzene rings is 1. The predicted octanol–water partition coefficient (Wildman–Crippen LogP) is 1.54. The lowest BCUT2D eigenvalue weighted by molar-refractivity contribution is -0.301. The number of carbonyl (C=O) groups excluding carboxylic acids is 2. The molecule has 0 radical (unpaired) electrons. The third-order valence-electron chi connectivity index (χ3n) is 2.55. The van der Waals surface area contributed by atoms with Crippen molar-refractivity contribution in [1.82, 2.24) is 4.98 Å². The van der Waals surface area contributed by atoms with Crippen molar-refractivity contribution in [2.75, 3.05) is 16.8 Å². The van der Waals surface area contributed by atoms with E-state index in [-0.39, 0.29) is 17.4 Å². The zero-order valence-corrected chi connectivity index (χ0v) is 12.9. The summed E-state index contributed by atoms with van der Waals surface area (Å²) in [6.45, 7) is 2.01. The van der Waals surface area contributed by atoms with Crippen LogP contribution < -0.4 is 10.4 Å². The van der Waals surface area contributed by atoms with E-state index in [9.17, 15) is 14.7 Å². The summed E-state index contributed by atoms with van der Waals surface area (Å²) in [7, 11) is 0. The van der Waals surface area contributed by atoms with Crippen molar-refractivity contribution in [3.63, 3.8) is 0 Å². The van der Waals surface area contributed by atoms with Crippen molar-refractivity contribution in [2.45, 2.75) is 6.92 Å². The van der Waals surface area contributed by atoms with Crippen LogP contribution in [0.25, 0.3) is 11.3 Å². The Morgan fingerprint density at radius 1 is 1.29 bits per heavy atom. The maximum absolute atomic E-state index is 11.6. The lowest BCUT2D eigenvalue weighted by atomic mass is 10.1. The molecule has 21 heavy (non-hydrogen) atoms. The van der Waals surface area contributed by atoms with Gasteiger partial charge in [-0.1, -0.05) is 29.8 Å². The third-order valence-corrected chi connectivity index (χ3v) is 4.21. The molecule has 0 unspecified atom stereocenters. The van der Waals surface area contributed by atoms with Gasteiger partial charge in [-0.05, 0) is 6.92 Å². The summed E-state index contributed by atoms with van der Waals surface area (Å²) in [5.74, 6) is -1.58. The summed E-state index contributed by atoms with van der Waals surface area (Å²) >= 11 is 2.33. The van der Waals surface area contributed by atoms with Crippen LogP contribution in [0.5, 0.6) is 0 Å². The molecule has 0 saturated carbocycles. The van der Waals surface area contributed by atoms with Gasteiger partial charge in [-0.25, -0.2) is 4.98 Å². The number of aromatic nitrogens is 1. The van der Waals surface area contributed by atoms with Crippen LogP contribution in [-0.2, 0) is 9.59 Å². The number of aryl methyl sites for hydroxylation is 1. The molecular weight excluding hydrogens is 308 g/mol. The number of carboxylic acids is 1. The van der Waals surface area contributed by atoms with Gasteiger partial charge >= 0.3 is 0 Å². The first kappa shape index (κ1) is 15.5. The highest BCUT2D eigenvalue weighted by molar-refractivity contribution is 8.00. The topological polar surface area (TPSA) is 82.1 Å². The first-order chi connectivity index (χ1) is 10.0. The molecule has 0 spiro atoms. The summed E-state index contributed by atoms with van der Waals surface area (Å²) in [5, 5.41) is 15.3. The minimum Gasteiger partial charge on any atom is -0.549 e. The van der Waals surface area contributed by atoms with Crippen molar-refractivity contribution >= 4 is 40.1 Å². The van der Waals surface area contributed by atoms with Gasteiger partial charge in [0.2, 0.25) is 5.91 Å². The quantitative estimate of drug-likeness (QED) is 0.873. The van der Waals surface area contributed by atoms with E-state index >= 15 is 0 Å². The fourth-order valence-corrected chi connectivity index (χ4v) is 2.83. The van der Waals surface area contributed by atoms with Crippen LogP contribution in [-0.4, -0.2) is 28.4 Å². The van der Waals surface area contributed by atoms with Crippen molar-refractivity contribution < 1.29 is 14.7 Å². The molecule has 0 bridgehead atoms. The molecule has 5 nitrogen and oxygen atoms in total. The van der Waals surface area contributed by atoms with Crippen LogP contribution in [0.1, 0.15) is 5.56 Å². The van der Waals surface area contributed by atoms with Gasteiger partial charge < -0.3 is 15.2 Å². The number of carboxylic acid groups (broad SMARTS) is 1. The Bertz CT molecular complexity index is 638. The van der Waals surface area contributed by atoms with Crippen molar-refractivity contribution in [3.05, 3.63) is 35.2 Å². The molecule has 2 aromatic rings. The number of hydrogen-bond donors (Lipinski definition) is 1. The normalized spacial score (nSPS) is 10.3. The van der Waals surface area contributed by atoms with Crippen LogP contribution in [0.15, 0.2) is 29.6 Å². The number of nitrogens with zero attached hydrogens (tertiary/aromatic N) is 1. The summed E-state index contributed by atoms with van der Waals surface area (Å²) in [4.78, 5) is 26.2. The number of thioether (sulfide) groups is 1. The van der Waals surface area contributed by atoms with Crippen LogP contribution in [0, 0.1) is 6.92 Å². The third kappa shape index (κ3) is 4.87. The summed E-state index contributed by atoms with van der Waals surface area (Å²) < 4.78 is 0. The SMILES string of the molecule is Cc1ccc(-c2csc(NC(=O)CSCC(=O)[O-])n2)cc1. The number of thiazole rings is 1. The molecule has 7 heteroatoms. The molecule has 0 aliphatic carbocycles. The van der Waals surface area contributed by atoms with Crippen molar-refractivity contribution in [2.24, 2.45) is 0 Å². The van der Waals surface area contributed by atoms with Crippen LogP contribution in [0.4, 0.5) is 5.13 Å². The minimum atomic E-state index is -1.18. The van der Waals surface area contributed by atoms with E-state index < -0.39 is 5.97 Å². The minimum absolute atomic E-state index is 0.0629. The Morgan fingerprint density at radius 3 is 2.67 bits per heavy atom. The number of aliphatic carboxylic acids is 1. The second-order valence-corrected chi connectivity index (χ2v) is 6.16. The highest BCUT2D eigenvalue weighted by atomic mass is 32.2. The van der Waals surface area contributed by atoms with Gasteiger partial charge in [-0.3, -0.25) is 4.79 Å². The number of amides is 1. The maximum atomic E-state index is 11.6. The monoisotopic (exact) mass is 321 g/mol. The molecule has 1 amide bonds. The van der Waals surface area contributed by atoms with E-state index in [1.807, 2.05) is 36.6 Å². The molecule has 0 fully saturated rings. The zero-order chi connectivity index (χ0) is 15.2. The predicted molar refractivity (Wildman–Crippen MR) is 83.2 cm³/mol. The van der Waals surface area contributed by atoms with Crippen LogP contribution >= 0.6 is 23.1 Å². The Morgan fingerprint density at radius 2 is 2.00 bits per heavy atom. The second-order valence-electron chi connectivity index (χ2n) is 4.32. The lowest BCUT2D eigenvalue weighted by Gasteiger charge is -2.02. The van der Waals surface area contributed by atoms with Gasteiger partial charge in [0.05, 0.1) is 17.4 Å². The largest absolute Gasteiger partial charge is 0.549 e. The average molecular weight is 321 g/mol. The van der Waals surface area contributed by atoms with Gasteiger partial charge in [0.1, 0.15) is 0 Å². The number of anilines is 1. The van der Waals surface area contributed by atoms with Gasteiger partial charge in [0, 0.05) is 16.7 Å². The van der Waals surface area contributed by atoms with Gasteiger partial charge in [0.15, 0.2) is 5.13 Å². The molecule has 0 saturated heterocycles. The Kier molecular flexibility index (Phi) is 5.35. The first-order valence-corrected chi connectivity index (χ1v) is 8.18. The van der Waals surface area contributed by atoms with E-state index in [1.165, 1.54) is 16.9 Å². The Labute approximate surface area is 130 Å². The smallest absolute Gasteiger partial charge is 0.236 e. The van der Waals surface area contributed by atoms with Crippen molar-refractivity contribution in [3.8, 4) is 11.3 Å². The molecule has 0 aliphatic heterocycles. The van der Waals surface area contributed by atoms with Gasteiger partial charge in [0.25, 0.3) is 0 Å². The highest BCUT2D eigenvalue weighted by Crippen LogP contribution is 2.25. The van der Waals surface area contributed by atoms with E-state index in [1.54, 1.807) is 0 Å². The van der Waals surface area contributed by atoms with Crippen LogP contribution in [0.3, 0.4) is 0 Å². The summed E-state index contributed by atoms with van der Waals surface area (Å²) in [6.07, 6.45) is 0. The zero-order valence-electron chi connectivity index (χ0n) is 11.3. The number of rotatable bonds is 6. The Hall–Kier alpha value is -1.86. The second kappa shape index (κ2) is 7.24.